The fourth-order valence-corrected chi connectivity index (χ4v) is 8.24. The van der Waals surface area contributed by atoms with E-state index in [9.17, 15) is 0 Å². The molecule has 0 saturated carbocycles. The van der Waals surface area contributed by atoms with Crippen LogP contribution >= 0.6 is 0 Å². The van der Waals surface area contributed by atoms with Crippen molar-refractivity contribution in [1.29, 1.82) is 0 Å². The highest BCUT2D eigenvalue weighted by atomic mass is 15.1. The maximum atomic E-state index is 5.40. The summed E-state index contributed by atoms with van der Waals surface area (Å²) in [5.41, 5.74) is 13.9. The van der Waals surface area contributed by atoms with Crippen LogP contribution in [0.15, 0.2) is 170 Å². The van der Waals surface area contributed by atoms with E-state index in [4.69, 9.17) is 9.97 Å². The predicted molar refractivity (Wildman–Crippen MR) is 210 cm³/mol. The van der Waals surface area contributed by atoms with Crippen molar-refractivity contribution in [1.82, 2.24) is 19.1 Å². The van der Waals surface area contributed by atoms with Crippen LogP contribution in [0.1, 0.15) is 11.1 Å². The van der Waals surface area contributed by atoms with Gasteiger partial charge in [0.25, 0.3) is 0 Å². The summed E-state index contributed by atoms with van der Waals surface area (Å²) in [6.45, 7) is 0. The number of para-hydroxylation sites is 3. The molecule has 0 bridgehead atoms. The van der Waals surface area contributed by atoms with Crippen molar-refractivity contribution in [2.45, 2.75) is 6.42 Å². The number of aromatic nitrogens is 4. The summed E-state index contributed by atoms with van der Waals surface area (Å²) in [4.78, 5) is 10.6. The van der Waals surface area contributed by atoms with Gasteiger partial charge in [-0.25, -0.2) is 9.97 Å². The summed E-state index contributed by atoms with van der Waals surface area (Å²) in [6, 6.07) is 60.9. The molecule has 7 aromatic carbocycles. The molecule has 0 N–H and O–H groups in total. The maximum Gasteiger partial charge on any atom is 0.162 e. The highest BCUT2D eigenvalue weighted by Crippen LogP contribution is 2.43. The van der Waals surface area contributed by atoms with Gasteiger partial charge >= 0.3 is 0 Å². The van der Waals surface area contributed by atoms with Crippen LogP contribution in [-0.2, 0) is 6.42 Å². The monoisotopic (exact) mass is 650 g/mol. The first-order chi connectivity index (χ1) is 25.3. The first-order valence-electron chi connectivity index (χ1n) is 17.5. The zero-order chi connectivity index (χ0) is 33.5. The van der Waals surface area contributed by atoms with Crippen LogP contribution in [0.4, 0.5) is 0 Å². The SMILES string of the molecule is c1ccc(-c2nc3c(c(-n4c5ccccc5c5ccc(-c6ccc7c(c6)c6ccccc6n7-c6ccccc6)cc54)n2)Cc2ccccc2-3)cc1. The van der Waals surface area contributed by atoms with Crippen molar-refractivity contribution in [3.63, 3.8) is 0 Å². The standard InChI is InChI=1S/C47H30N4/c1-3-13-30(14-4-1)46-48-45-35-18-8-7-15-33(35)28-40(45)47(49-46)51-42-22-12-9-19-36(42)38-25-23-32(29-44(38)51)31-24-26-43-39(27-31)37-20-10-11-21-41(37)50(43)34-16-5-2-6-17-34/h1-27,29H,28H2. The molecule has 0 fully saturated rings. The fourth-order valence-electron chi connectivity index (χ4n) is 8.24. The Morgan fingerprint density at radius 3 is 1.84 bits per heavy atom. The largest absolute Gasteiger partial charge is 0.309 e. The van der Waals surface area contributed by atoms with Crippen LogP contribution < -0.4 is 0 Å². The summed E-state index contributed by atoms with van der Waals surface area (Å²) < 4.78 is 4.75. The number of benzene rings is 7. The third-order valence-corrected chi connectivity index (χ3v) is 10.6. The van der Waals surface area contributed by atoms with Crippen LogP contribution in [-0.4, -0.2) is 19.1 Å². The van der Waals surface area contributed by atoms with Gasteiger partial charge in [-0.3, -0.25) is 4.57 Å². The molecule has 51 heavy (non-hydrogen) atoms. The lowest BCUT2D eigenvalue weighted by atomic mass is 10.0. The van der Waals surface area contributed by atoms with E-state index in [-0.39, 0.29) is 0 Å². The molecule has 0 radical (unpaired) electrons. The lowest BCUT2D eigenvalue weighted by molar-refractivity contribution is 1.01. The van der Waals surface area contributed by atoms with Crippen LogP contribution in [0.3, 0.4) is 0 Å². The lowest BCUT2D eigenvalue weighted by Crippen LogP contribution is -2.06. The lowest BCUT2D eigenvalue weighted by Gasteiger charge is -2.14. The van der Waals surface area contributed by atoms with E-state index in [2.05, 4.69) is 173 Å². The fraction of sp³-hybridized carbons (Fsp3) is 0.0213. The van der Waals surface area contributed by atoms with Crippen molar-refractivity contribution in [3.8, 4) is 45.3 Å². The van der Waals surface area contributed by atoms with E-state index in [0.717, 1.165) is 46.0 Å². The molecule has 4 heteroatoms. The molecule has 3 heterocycles. The van der Waals surface area contributed by atoms with Crippen molar-refractivity contribution in [2.75, 3.05) is 0 Å². The zero-order valence-corrected chi connectivity index (χ0v) is 27.7. The summed E-state index contributed by atoms with van der Waals surface area (Å²) in [7, 11) is 0. The average molecular weight is 651 g/mol. The van der Waals surface area contributed by atoms with Gasteiger partial charge in [0.05, 0.1) is 27.8 Å². The Hall–Kier alpha value is -6.78. The third kappa shape index (κ3) is 4.20. The van der Waals surface area contributed by atoms with Gasteiger partial charge in [-0.05, 0) is 59.2 Å². The number of hydrogen-bond donors (Lipinski definition) is 0. The van der Waals surface area contributed by atoms with Gasteiger partial charge in [-0.15, -0.1) is 0 Å². The Balaban J connectivity index is 1.16. The molecule has 238 valence electrons. The molecule has 11 rings (SSSR count). The molecule has 0 aliphatic heterocycles. The second-order valence-electron chi connectivity index (χ2n) is 13.4. The number of fused-ring (bicyclic) bond motifs is 9. The van der Waals surface area contributed by atoms with Crippen molar-refractivity contribution < 1.29 is 0 Å². The van der Waals surface area contributed by atoms with Crippen molar-refractivity contribution in [3.05, 3.63) is 181 Å². The minimum absolute atomic E-state index is 0.739. The summed E-state index contributed by atoms with van der Waals surface area (Å²) >= 11 is 0. The van der Waals surface area contributed by atoms with Crippen LogP contribution in [0, 0.1) is 0 Å². The summed E-state index contributed by atoms with van der Waals surface area (Å²) in [6.07, 6.45) is 0.797. The minimum atomic E-state index is 0.739. The van der Waals surface area contributed by atoms with Crippen LogP contribution in [0.25, 0.3) is 88.9 Å². The summed E-state index contributed by atoms with van der Waals surface area (Å²) in [5, 5.41) is 4.91. The van der Waals surface area contributed by atoms with Gasteiger partial charge in [0.15, 0.2) is 5.82 Å². The smallest absolute Gasteiger partial charge is 0.162 e. The molecule has 0 atom stereocenters. The molecular weight excluding hydrogens is 621 g/mol. The highest BCUT2D eigenvalue weighted by Gasteiger charge is 2.28. The van der Waals surface area contributed by atoms with E-state index in [0.29, 0.717) is 0 Å². The van der Waals surface area contributed by atoms with E-state index < -0.39 is 0 Å². The average Bonchev–Trinajstić information content (AvgIpc) is 3.85. The van der Waals surface area contributed by atoms with Gasteiger partial charge < -0.3 is 4.57 Å². The predicted octanol–water partition coefficient (Wildman–Crippen LogP) is 11.6. The van der Waals surface area contributed by atoms with E-state index in [1.807, 2.05) is 6.07 Å². The van der Waals surface area contributed by atoms with Crippen molar-refractivity contribution >= 4 is 43.6 Å². The molecule has 0 unspecified atom stereocenters. The Bertz CT molecular complexity index is 2990. The van der Waals surface area contributed by atoms with Gasteiger partial charge in [0, 0.05) is 50.3 Å². The Morgan fingerprint density at radius 2 is 1.02 bits per heavy atom. The molecule has 1 aliphatic carbocycles. The van der Waals surface area contributed by atoms with Gasteiger partial charge in [-0.2, -0.15) is 0 Å². The van der Waals surface area contributed by atoms with Crippen molar-refractivity contribution in [2.24, 2.45) is 0 Å². The molecule has 0 spiro atoms. The van der Waals surface area contributed by atoms with E-state index >= 15 is 0 Å². The Kier molecular flexibility index (Phi) is 5.98. The first kappa shape index (κ1) is 28.1. The van der Waals surface area contributed by atoms with Crippen LogP contribution in [0.5, 0.6) is 0 Å². The topological polar surface area (TPSA) is 35.6 Å². The number of nitrogens with zero attached hydrogens (tertiary/aromatic N) is 4. The summed E-state index contributed by atoms with van der Waals surface area (Å²) in [5.74, 6) is 1.68. The number of hydrogen-bond acceptors (Lipinski definition) is 2. The first-order valence-corrected chi connectivity index (χ1v) is 17.5. The van der Waals surface area contributed by atoms with E-state index in [1.54, 1.807) is 0 Å². The molecule has 1 aliphatic rings. The Labute approximate surface area is 294 Å². The molecule has 3 aromatic heterocycles. The van der Waals surface area contributed by atoms with Gasteiger partial charge in [0.1, 0.15) is 5.82 Å². The third-order valence-electron chi connectivity index (χ3n) is 10.6. The maximum absolute atomic E-state index is 5.40. The molecule has 0 saturated heterocycles. The minimum Gasteiger partial charge on any atom is -0.309 e. The number of rotatable bonds is 4. The second kappa shape index (κ2) is 10.9. The van der Waals surface area contributed by atoms with Gasteiger partial charge in [-0.1, -0.05) is 127 Å². The molecular formula is C47H30N4. The quantitative estimate of drug-likeness (QED) is 0.190. The molecule has 0 amide bonds. The highest BCUT2D eigenvalue weighted by molar-refractivity contribution is 6.12. The van der Waals surface area contributed by atoms with Gasteiger partial charge in [0.2, 0.25) is 0 Å². The molecule has 4 nitrogen and oxygen atoms in total. The van der Waals surface area contributed by atoms with Crippen LogP contribution in [0.2, 0.25) is 0 Å². The zero-order valence-electron chi connectivity index (χ0n) is 27.7. The van der Waals surface area contributed by atoms with E-state index in [1.165, 1.54) is 60.4 Å². The second-order valence-corrected chi connectivity index (χ2v) is 13.4. The Morgan fingerprint density at radius 1 is 0.412 bits per heavy atom. The normalized spacial score (nSPS) is 12.2. The molecule has 10 aromatic rings.